The molecule has 0 fully saturated rings. The molecule has 6 heteroatoms. The van der Waals surface area contributed by atoms with Gasteiger partial charge in [-0.3, -0.25) is 4.79 Å². The van der Waals surface area contributed by atoms with Crippen LogP contribution in [0, 0.1) is 13.8 Å². The molecule has 0 radical (unpaired) electrons. The molecule has 30 heavy (non-hydrogen) atoms. The molecule has 0 saturated carbocycles. The first-order valence-corrected chi connectivity index (χ1v) is 10.5. The maximum atomic E-state index is 11.6. The predicted octanol–water partition coefficient (Wildman–Crippen LogP) is 3.82. The SMILES string of the molecule is COCC(=O)NCCc1nc2ccccc2n1CCCCOc1ccc(C)c(C)c1. The van der Waals surface area contributed by atoms with E-state index in [4.69, 9.17) is 14.5 Å². The van der Waals surface area contributed by atoms with Gasteiger partial charge in [-0.15, -0.1) is 0 Å². The molecule has 1 amide bonds. The summed E-state index contributed by atoms with van der Waals surface area (Å²) >= 11 is 0. The third-order valence-electron chi connectivity index (χ3n) is 5.20. The normalized spacial score (nSPS) is 11.0. The molecular formula is C24H31N3O3. The van der Waals surface area contributed by atoms with Crippen molar-refractivity contribution >= 4 is 16.9 Å². The number of nitrogens with zero attached hydrogens (tertiary/aromatic N) is 2. The summed E-state index contributed by atoms with van der Waals surface area (Å²) in [6.45, 7) is 6.40. The van der Waals surface area contributed by atoms with Crippen LogP contribution >= 0.6 is 0 Å². The van der Waals surface area contributed by atoms with Gasteiger partial charge >= 0.3 is 0 Å². The van der Waals surface area contributed by atoms with Crippen LogP contribution in [0.1, 0.15) is 29.8 Å². The fourth-order valence-electron chi connectivity index (χ4n) is 3.43. The summed E-state index contributed by atoms with van der Waals surface area (Å²) in [4.78, 5) is 16.4. The van der Waals surface area contributed by atoms with Gasteiger partial charge in [-0.25, -0.2) is 4.98 Å². The van der Waals surface area contributed by atoms with Gasteiger partial charge in [0.25, 0.3) is 0 Å². The molecule has 0 atom stereocenters. The number of unbranched alkanes of at least 4 members (excludes halogenated alkanes) is 1. The molecule has 3 rings (SSSR count). The fraction of sp³-hybridized carbons (Fsp3) is 0.417. The third-order valence-corrected chi connectivity index (χ3v) is 5.20. The highest BCUT2D eigenvalue weighted by Gasteiger charge is 2.11. The molecule has 0 spiro atoms. The number of aryl methyl sites for hydroxylation is 3. The number of hydrogen-bond donors (Lipinski definition) is 1. The Morgan fingerprint density at radius 1 is 1.10 bits per heavy atom. The summed E-state index contributed by atoms with van der Waals surface area (Å²) in [7, 11) is 1.52. The molecule has 3 aromatic rings. The summed E-state index contributed by atoms with van der Waals surface area (Å²) in [5.41, 5.74) is 4.65. The molecule has 0 bridgehead atoms. The van der Waals surface area contributed by atoms with Crippen LogP contribution in [0.25, 0.3) is 11.0 Å². The molecule has 0 aliphatic rings. The lowest BCUT2D eigenvalue weighted by Crippen LogP contribution is -2.29. The van der Waals surface area contributed by atoms with Gasteiger partial charge in [0.2, 0.25) is 5.91 Å². The average Bonchev–Trinajstić information content (AvgIpc) is 3.08. The zero-order chi connectivity index (χ0) is 21.3. The maximum Gasteiger partial charge on any atom is 0.245 e. The Bertz CT molecular complexity index is 981. The van der Waals surface area contributed by atoms with Gasteiger partial charge < -0.3 is 19.4 Å². The molecule has 0 aliphatic heterocycles. The van der Waals surface area contributed by atoms with E-state index in [2.05, 4.69) is 41.9 Å². The van der Waals surface area contributed by atoms with Gasteiger partial charge in [-0.2, -0.15) is 0 Å². The van der Waals surface area contributed by atoms with E-state index in [-0.39, 0.29) is 12.5 Å². The molecule has 1 heterocycles. The second-order valence-corrected chi connectivity index (χ2v) is 7.50. The van der Waals surface area contributed by atoms with Crippen molar-refractivity contribution in [2.24, 2.45) is 0 Å². The molecule has 160 valence electrons. The van der Waals surface area contributed by atoms with Crippen molar-refractivity contribution in [1.29, 1.82) is 0 Å². The van der Waals surface area contributed by atoms with E-state index < -0.39 is 0 Å². The molecule has 2 aromatic carbocycles. The van der Waals surface area contributed by atoms with Crippen molar-refractivity contribution in [1.82, 2.24) is 14.9 Å². The number of methoxy groups -OCH3 is 1. The number of hydrogen-bond acceptors (Lipinski definition) is 4. The number of imidazole rings is 1. The third kappa shape index (κ3) is 5.83. The van der Waals surface area contributed by atoms with E-state index in [1.54, 1.807) is 0 Å². The lowest BCUT2D eigenvalue weighted by Gasteiger charge is -2.11. The predicted molar refractivity (Wildman–Crippen MR) is 119 cm³/mol. The summed E-state index contributed by atoms with van der Waals surface area (Å²) < 4.78 is 13.0. The van der Waals surface area contributed by atoms with E-state index in [0.717, 1.165) is 42.0 Å². The molecule has 1 N–H and O–H groups in total. The molecule has 0 unspecified atom stereocenters. The van der Waals surface area contributed by atoms with Crippen molar-refractivity contribution in [3.8, 4) is 5.75 Å². The van der Waals surface area contributed by atoms with Crippen LogP contribution < -0.4 is 10.1 Å². The van der Waals surface area contributed by atoms with Crippen LogP contribution in [0.15, 0.2) is 42.5 Å². The number of aromatic nitrogens is 2. The van der Waals surface area contributed by atoms with Crippen molar-refractivity contribution < 1.29 is 14.3 Å². The summed E-state index contributed by atoms with van der Waals surface area (Å²) in [6.07, 6.45) is 2.64. The maximum absolute atomic E-state index is 11.6. The molecule has 1 aromatic heterocycles. The molecule has 0 saturated heterocycles. The van der Waals surface area contributed by atoms with Crippen LogP contribution in [0.4, 0.5) is 0 Å². The van der Waals surface area contributed by atoms with Crippen molar-refractivity contribution in [2.75, 3.05) is 26.9 Å². The van der Waals surface area contributed by atoms with E-state index in [0.29, 0.717) is 19.6 Å². The number of carbonyl (C=O) groups is 1. The van der Waals surface area contributed by atoms with Crippen molar-refractivity contribution in [2.45, 2.75) is 39.7 Å². The number of fused-ring (bicyclic) bond motifs is 1. The quantitative estimate of drug-likeness (QED) is 0.489. The highest BCUT2D eigenvalue weighted by Crippen LogP contribution is 2.19. The van der Waals surface area contributed by atoms with Crippen LogP contribution in [0.2, 0.25) is 0 Å². The first kappa shape index (κ1) is 21.8. The number of nitrogens with one attached hydrogen (secondary N) is 1. The standard InChI is InChI=1S/C24H31N3O3/c1-18-10-11-20(16-19(18)2)30-15-7-6-14-27-22-9-5-4-8-21(22)26-23(27)12-13-25-24(28)17-29-3/h4-5,8-11,16H,6-7,12-15,17H2,1-3H3,(H,25,28). The Morgan fingerprint density at radius 3 is 2.73 bits per heavy atom. The van der Waals surface area contributed by atoms with Gasteiger partial charge in [0.05, 0.1) is 17.6 Å². The van der Waals surface area contributed by atoms with Gasteiger partial charge in [0.15, 0.2) is 0 Å². The lowest BCUT2D eigenvalue weighted by molar-refractivity contribution is -0.124. The van der Waals surface area contributed by atoms with E-state index in [1.165, 1.54) is 18.2 Å². The van der Waals surface area contributed by atoms with E-state index >= 15 is 0 Å². The number of benzene rings is 2. The summed E-state index contributed by atoms with van der Waals surface area (Å²) in [5, 5.41) is 2.87. The topological polar surface area (TPSA) is 65.4 Å². The van der Waals surface area contributed by atoms with Crippen LogP contribution in [0.3, 0.4) is 0 Å². The number of carbonyl (C=O) groups excluding carboxylic acids is 1. The zero-order valence-corrected chi connectivity index (χ0v) is 18.1. The van der Waals surface area contributed by atoms with Crippen LogP contribution in [-0.4, -0.2) is 42.3 Å². The van der Waals surface area contributed by atoms with Crippen LogP contribution in [-0.2, 0) is 22.5 Å². The van der Waals surface area contributed by atoms with E-state index in [9.17, 15) is 4.79 Å². The Labute approximate surface area is 178 Å². The highest BCUT2D eigenvalue weighted by molar-refractivity contribution is 5.77. The minimum atomic E-state index is -0.108. The van der Waals surface area contributed by atoms with Crippen molar-refractivity contribution in [3.63, 3.8) is 0 Å². The first-order chi connectivity index (χ1) is 14.6. The summed E-state index contributed by atoms with van der Waals surface area (Å²) in [6, 6.07) is 14.4. The summed E-state index contributed by atoms with van der Waals surface area (Å²) in [5.74, 6) is 1.81. The van der Waals surface area contributed by atoms with Gasteiger partial charge in [0.1, 0.15) is 18.2 Å². The average molecular weight is 410 g/mol. The molecule has 0 aliphatic carbocycles. The Balaban J connectivity index is 1.54. The Kier molecular flexibility index (Phi) is 7.85. The zero-order valence-electron chi connectivity index (χ0n) is 18.1. The molecular weight excluding hydrogens is 378 g/mol. The Hall–Kier alpha value is -2.86. The number of ether oxygens (including phenoxy) is 2. The minimum absolute atomic E-state index is 0.0803. The number of rotatable bonds is 11. The van der Waals surface area contributed by atoms with E-state index in [1.807, 2.05) is 24.3 Å². The largest absolute Gasteiger partial charge is 0.494 e. The van der Waals surface area contributed by atoms with Crippen molar-refractivity contribution in [3.05, 3.63) is 59.4 Å². The minimum Gasteiger partial charge on any atom is -0.494 e. The van der Waals surface area contributed by atoms with Gasteiger partial charge in [-0.1, -0.05) is 18.2 Å². The van der Waals surface area contributed by atoms with Gasteiger partial charge in [0, 0.05) is 26.6 Å². The second-order valence-electron chi connectivity index (χ2n) is 7.50. The monoisotopic (exact) mass is 409 g/mol. The molecule has 6 nitrogen and oxygen atoms in total. The highest BCUT2D eigenvalue weighted by atomic mass is 16.5. The first-order valence-electron chi connectivity index (χ1n) is 10.5. The number of amides is 1. The lowest BCUT2D eigenvalue weighted by atomic mass is 10.1. The Morgan fingerprint density at radius 2 is 1.93 bits per heavy atom. The van der Waals surface area contributed by atoms with Crippen LogP contribution in [0.5, 0.6) is 5.75 Å². The fourth-order valence-corrected chi connectivity index (χ4v) is 3.43. The number of para-hydroxylation sites is 2. The van der Waals surface area contributed by atoms with Gasteiger partial charge in [-0.05, 0) is 62.1 Å². The smallest absolute Gasteiger partial charge is 0.245 e. The second kappa shape index (κ2) is 10.8.